The second-order valence-corrected chi connectivity index (χ2v) is 4.89. The molecule has 0 amide bonds. The van der Waals surface area contributed by atoms with Gasteiger partial charge in [-0.15, -0.1) is 0 Å². The normalized spacial score (nSPS) is 22.5. The van der Waals surface area contributed by atoms with Gasteiger partial charge >= 0.3 is 0 Å². The number of likely N-dealkylation sites (N-methyl/N-ethyl adjacent to an activating group) is 1. The summed E-state index contributed by atoms with van der Waals surface area (Å²) in [6, 6.07) is 0.771. The molecule has 1 unspecified atom stereocenters. The van der Waals surface area contributed by atoms with Crippen LogP contribution < -0.4 is 5.32 Å². The van der Waals surface area contributed by atoms with E-state index in [1.807, 2.05) is 0 Å². The van der Waals surface area contributed by atoms with E-state index in [1.54, 1.807) is 7.11 Å². The fourth-order valence-corrected chi connectivity index (χ4v) is 2.34. The highest BCUT2D eigenvalue weighted by Gasteiger charge is 2.17. The number of nitrogens with one attached hydrogen (secondary N) is 1. The second kappa shape index (κ2) is 8.97. The number of methoxy groups -OCH3 is 1. The topological polar surface area (TPSA) is 24.5 Å². The SMILES string of the molecule is COCCCCCNCC1CCCCN1C. The van der Waals surface area contributed by atoms with Crippen LogP contribution >= 0.6 is 0 Å². The molecule has 3 heteroatoms. The summed E-state index contributed by atoms with van der Waals surface area (Å²) < 4.78 is 5.03. The molecule has 0 aromatic heterocycles. The van der Waals surface area contributed by atoms with Crippen molar-refractivity contribution in [3.8, 4) is 0 Å². The van der Waals surface area contributed by atoms with Crippen molar-refractivity contribution in [3.63, 3.8) is 0 Å². The minimum atomic E-state index is 0.771. The lowest BCUT2D eigenvalue weighted by molar-refractivity contribution is 0.180. The molecule has 0 spiro atoms. The van der Waals surface area contributed by atoms with Gasteiger partial charge in [0.25, 0.3) is 0 Å². The Kier molecular flexibility index (Phi) is 7.81. The quantitative estimate of drug-likeness (QED) is 0.642. The highest BCUT2D eigenvalue weighted by molar-refractivity contribution is 4.75. The molecule has 1 saturated heterocycles. The van der Waals surface area contributed by atoms with Crippen LogP contribution in [0.5, 0.6) is 0 Å². The summed E-state index contributed by atoms with van der Waals surface area (Å²) in [5, 5.41) is 3.58. The number of piperidine rings is 1. The number of hydrogen-bond acceptors (Lipinski definition) is 3. The molecule has 0 aliphatic carbocycles. The van der Waals surface area contributed by atoms with E-state index in [1.165, 1.54) is 51.6 Å². The van der Waals surface area contributed by atoms with E-state index in [-0.39, 0.29) is 0 Å². The molecule has 1 N–H and O–H groups in total. The van der Waals surface area contributed by atoms with Crippen LogP contribution in [0, 0.1) is 0 Å². The summed E-state index contributed by atoms with van der Waals surface area (Å²) in [4.78, 5) is 2.50. The number of rotatable bonds is 8. The van der Waals surface area contributed by atoms with Gasteiger partial charge in [-0.2, -0.15) is 0 Å². The molecule has 1 fully saturated rings. The zero-order valence-corrected chi connectivity index (χ0v) is 11.0. The summed E-state index contributed by atoms with van der Waals surface area (Å²) in [6.07, 6.45) is 7.91. The van der Waals surface area contributed by atoms with Crippen molar-refractivity contribution in [1.29, 1.82) is 0 Å². The van der Waals surface area contributed by atoms with E-state index >= 15 is 0 Å². The summed E-state index contributed by atoms with van der Waals surface area (Å²) in [6.45, 7) is 4.51. The minimum absolute atomic E-state index is 0.771. The van der Waals surface area contributed by atoms with Crippen molar-refractivity contribution >= 4 is 0 Å². The molecule has 1 aliphatic rings. The van der Waals surface area contributed by atoms with Gasteiger partial charge in [-0.05, 0) is 52.2 Å². The largest absolute Gasteiger partial charge is 0.385 e. The zero-order chi connectivity index (χ0) is 11.6. The standard InChI is InChI=1S/C13H28N2O/c1-15-10-6-4-8-13(15)12-14-9-5-3-7-11-16-2/h13-14H,3-12H2,1-2H3. The Labute approximate surface area is 101 Å². The van der Waals surface area contributed by atoms with E-state index in [0.29, 0.717) is 0 Å². The fourth-order valence-electron chi connectivity index (χ4n) is 2.34. The Morgan fingerprint density at radius 3 is 2.88 bits per heavy atom. The van der Waals surface area contributed by atoms with Crippen molar-refractivity contribution in [2.45, 2.75) is 44.6 Å². The van der Waals surface area contributed by atoms with Gasteiger partial charge in [0.2, 0.25) is 0 Å². The lowest BCUT2D eigenvalue weighted by Gasteiger charge is -2.32. The number of hydrogen-bond donors (Lipinski definition) is 1. The third kappa shape index (κ3) is 5.83. The van der Waals surface area contributed by atoms with E-state index in [2.05, 4.69) is 17.3 Å². The van der Waals surface area contributed by atoms with Gasteiger partial charge in [-0.25, -0.2) is 0 Å². The molecule has 0 saturated carbocycles. The van der Waals surface area contributed by atoms with Crippen LogP contribution in [-0.2, 0) is 4.74 Å². The van der Waals surface area contributed by atoms with Crippen molar-refractivity contribution in [2.75, 3.05) is 40.4 Å². The maximum absolute atomic E-state index is 5.03. The lowest BCUT2D eigenvalue weighted by Crippen LogP contribution is -2.43. The van der Waals surface area contributed by atoms with Gasteiger partial charge in [-0.3, -0.25) is 0 Å². The van der Waals surface area contributed by atoms with Crippen molar-refractivity contribution in [3.05, 3.63) is 0 Å². The van der Waals surface area contributed by atoms with Crippen LogP contribution in [0.1, 0.15) is 38.5 Å². The summed E-state index contributed by atoms with van der Waals surface area (Å²) in [5.74, 6) is 0. The van der Waals surface area contributed by atoms with Gasteiger partial charge in [0.15, 0.2) is 0 Å². The maximum Gasteiger partial charge on any atom is 0.0462 e. The van der Waals surface area contributed by atoms with Gasteiger partial charge < -0.3 is 15.0 Å². The molecule has 0 radical (unpaired) electrons. The van der Waals surface area contributed by atoms with Gasteiger partial charge in [0.05, 0.1) is 0 Å². The molecular weight excluding hydrogens is 200 g/mol. The third-order valence-electron chi connectivity index (χ3n) is 3.50. The number of unbranched alkanes of at least 4 members (excludes halogenated alkanes) is 2. The number of ether oxygens (including phenoxy) is 1. The summed E-state index contributed by atoms with van der Waals surface area (Å²) in [5.41, 5.74) is 0. The molecule has 96 valence electrons. The first kappa shape index (κ1) is 13.9. The van der Waals surface area contributed by atoms with Gasteiger partial charge in [0.1, 0.15) is 0 Å². The Morgan fingerprint density at radius 2 is 2.12 bits per heavy atom. The molecule has 0 bridgehead atoms. The maximum atomic E-state index is 5.03. The monoisotopic (exact) mass is 228 g/mol. The molecule has 0 aromatic rings. The average Bonchev–Trinajstić information content (AvgIpc) is 2.30. The fraction of sp³-hybridized carbons (Fsp3) is 1.00. The van der Waals surface area contributed by atoms with E-state index < -0.39 is 0 Å². The highest BCUT2D eigenvalue weighted by atomic mass is 16.5. The zero-order valence-electron chi connectivity index (χ0n) is 11.0. The molecular formula is C13H28N2O. The Bertz CT molecular complexity index is 164. The van der Waals surface area contributed by atoms with Crippen LogP contribution in [0.4, 0.5) is 0 Å². The van der Waals surface area contributed by atoms with E-state index in [4.69, 9.17) is 4.74 Å². The van der Waals surface area contributed by atoms with Gasteiger partial charge in [-0.1, -0.05) is 6.42 Å². The molecule has 0 aromatic carbocycles. The Morgan fingerprint density at radius 1 is 1.25 bits per heavy atom. The predicted molar refractivity (Wildman–Crippen MR) is 68.9 cm³/mol. The average molecular weight is 228 g/mol. The Hall–Kier alpha value is -0.120. The van der Waals surface area contributed by atoms with Crippen molar-refractivity contribution in [2.24, 2.45) is 0 Å². The first-order chi connectivity index (χ1) is 7.84. The van der Waals surface area contributed by atoms with Crippen LogP contribution in [0.3, 0.4) is 0 Å². The molecule has 1 heterocycles. The first-order valence-electron chi connectivity index (χ1n) is 6.74. The molecule has 1 rings (SSSR count). The van der Waals surface area contributed by atoms with Crippen LogP contribution in [0.25, 0.3) is 0 Å². The summed E-state index contributed by atoms with van der Waals surface area (Å²) in [7, 11) is 4.03. The number of nitrogens with zero attached hydrogens (tertiary/aromatic N) is 1. The molecule has 1 aliphatic heterocycles. The number of likely N-dealkylation sites (tertiary alicyclic amines) is 1. The highest BCUT2D eigenvalue weighted by Crippen LogP contribution is 2.13. The third-order valence-corrected chi connectivity index (χ3v) is 3.50. The minimum Gasteiger partial charge on any atom is -0.385 e. The second-order valence-electron chi connectivity index (χ2n) is 4.89. The lowest BCUT2D eigenvalue weighted by atomic mass is 10.0. The smallest absolute Gasteiger partial charge is 0.0462 e. The first-order valence-corrected chi connectivity index (χ1v) is 6.74. The van der Waals surface area contributed by atoms with Crippen molar-refractivity contribution in [1.82, 2.24) is 10.2 Å². The predicted octanol–water partition coefficient (Wildman–Crippen LogP) is 1.88. The van der Waals surface area contributed by atoms with Crippen LogP contribution in [0.2, 0.25) is 0 Å². The van der Waals surface area contributed by atoms with Gasteiger partial charge in [0, 0.05) is 26.3 Å². The van der Waals surface area contributed by atoms with Crippen molar-refractivity contribution < 1.29 is 4.74 Å². The Balaban J connectivity index is 1.90. The van der Waals surface area contributed by atoms with E-state index in [0.717, 1.165) is 19.2 Å². The van der Waals surface area contributed by atoms with Crippen LogP contribution in [0.15, 0.2) is 0 Å². The van der Waals surface area contributed by atoms with E-state index in [9.17, 15) is 0 Å². The molecule has 1 atom stereocenters. The summed E-state index contributed by atoms with van der Waals surface area (Å²) >= 11 is 0. The molecule has 16 heavy (non-hydrogen) atoms. The van der Waals surface area contributed by atoms with Crippen LogP contribution in [-0.4, -0.2) is 51.3 Å². The molecule has 3 nitrogen and oxygen atoms in total.